The zero-order chi connectivity index (χ0) is 10.7. The van der Waals surface area contributed by atoms with Crippen LogP contribution in [0.3, 0.4) is 0 Å². The molecule has 0 bridgehead atoms. The fourth-order valence-corrected chi connectivity index (χ4v) is 1.86. The van der Waals surface area contributed by atoms with Crippen molar-refractivity contribution in [2.45, 2.75) is 0 Å². The summed E-state index contributed by atoms with van der Waals surface area (Å²) < 4.78 is 1.54. The molecule has 0 aliphatic rings. The normalized spacial score (nSPS) is 10.8. The minimum Gasteiger partial charge on any atom is -0.478 e. The average molecular weight is 340 g/mol. The molecule has 1 rings (SSSR count). The van der Waals surface area contributed by atoms with Crippen LogP contribution in [0.25, 0.3) is 6.08 Å². The van der Waals surface area contributed by atoms with Gasteiger partial charge in [0, 0.05) is 10.5 Å². The van der Waals surface area contributed by atoms with Crippen LogP contribution in [0, 0.1) is 0 Å². The Labute approximate surface area is 103 Å². The molecule has 0 aromatic heterocycles. The number of rotatable bonds is 2. The van der Waals surface area contributed by atoms with Gasteiger partial charge in [0.25, 0.3) is 0 Å². The van der Waals surface area contributed by atoms with Crippen LogP contribution in [0.4, 0.5) is 0 Å². The highest BCUT2D eigenvalue weighted by Crippen LogP contribution is 2.33. The first-order valence-electron chi connectivity index (χ1n) is 3.57. The smallest absolute Gasteiger partial charge is 0.328 e. The Bertz CT molecular complexity index is 402. The van der Waals surface area contributed by atoms with E-state index < -0.39 is 5.97 Å². The number of halogens is 3. The summed E-state index contributed by atoms with van der Waals surface area (Å²) in [6.45, 7) is 0. The Morgan fingerprint density at radius 2 is 2.07 bits per heavy atom. The van der Waals surface area contributed by atoms with E-state index in [0.29, 0.717) is 15.1 Å². The summed E-state index contributed by atoms with van der Waals surface area (Å²) in [4.78, 5) is 10.3. The molecule has 0 aliphatic heterocycles. The SMILES string of the molecule is O=C(O)/C=C/c1ccc(Br)c(Br)c1Cl. The van der Waals surface area contributed by atoms with Gasteiger partial charge >= 0.3 is 5.97 Å². The third kappa shape index (κ3) is 2.83. The molecule has 0 spiro atoms. The zero-order valence-electron chi connectivity index (χ0n) is 6.80. The van der Waals surface area contributed by atoms with E-state index >= 15 is 0 Å². The predicted octanol–water partition coefficient (Wildman–Crippen LogP) is 3.96. The summed E-state index contributed by atoms with van der Waals surface area (Å²) in [5, 5.41) is 8.92. The Kier molecular flexibility index (Phi) is 4.16. The predicted molar refractivity (Wildman–Crippen MR) is 63.5 cm³/mol. The van der Waals surface area contributed by atoms with Crippen LogP contribution in [0.1, 0.15) is 5.56 Å². The van der Waals surface area contributed by atoms with Gasteiger partial charge in [0.15, 0.2) is 0 Å². The largest absolute Gasteiger partial charge is 0.478 e. The lowest BCUT2D eigenvalue weighted by Crippen LogP contribution is -1.86. The van der Waals surface area contributed by atoms with Crippen LogP contribution in [0.2, 0.25) is 5.02 Å². The summed E-state index contributed by atoms with van der Waals surface area (Å²) in [7, 11) is 0. The fraction of sp³-hybridized carbons (Fsp3) is 0. The lowest BCUT2D eigenvalue weighted by molar-refractivity contribution is -0.131. The van der Waals surface area contributed by atoms with Crippen LogP contribution in [-0.4, -0.2) is 11.1 Å². The molecule has 0 saturated carbocycles. The summed E-state index contributed by atoms with van der Waals surface area (Å²) in [5.41, 5.74) is 0.657. The molecule has 0 atom stereocenters. The maximum Gasteiger partial charge on any atom is 0.328 e. The summed E-state index contributed by atoms with van der Waals surface area (Å²) in [6.07, 6.45) is 2.49. The second kappa shape index (κ2) is 4.96. The van der Waals surface area contributed by atoms with Crippen molar-refractivity contribution in [3.05, 3.63) is 37.7 Å². The topological polar surface area (TPSA) is 37.3 Å². The average Bonchev–Trinajstić information content (AvgIpc) is 2.13. The molecule has 1 aromatic rings. The van der Waals surface area contributed by atoms with Crippen LogP contribution in [0.5, 0.6) is 0 Å². The third-order valence-corrected chi connectivity index (χ3v) is 4.12. The van der Waals surface area contributed by atoms with Crippen molar-refractivity contribution in [1.29, 1.82) is 0 Å². The third-order valence-electron chi connectivity index (χ3n) is 1.47. The van der Waals surface area contributed by atoms with Crippen LogP contribution >= 0.6 is 43.5 Å². The second-order valence-corrected chi connectivity index (χ2v) is 4.46. The van der Waals surface area contributed by atoms with Crippen molar-refractivity contribution in [1.82, 2.24) is 0 Å². The van der Waals surface area contributed by atoms with E-state index in [2.05, 4.69) is 31.9 Å². The van der Waals surface area contributed by atoms with E-state index in [1.54, 1.807) is 12.1 Å². The highest BCUT2D eigenvalue weighted by atomic mass is 79.9. The lowest BCUT2D eigenvalue weighted by atomic mass is 10.2. The second-order valence-electron chi connectivity index (χ2n) is 2.44. The molecule has 5 heteroatoms. The Morgan fingerprint density at radius 1 is 1.43 bits per heavy atom. The van der Waals surface area contributed by atoms with E-state index in [9.17, 15) is 4.79 Å². The summed E-state index contributed by atoms with van der Waals surface area (Å²) in [5.74, 6) is -1.000. The van der Waals surface area contributed by atoms with E-state index in [1.807, 2.05) is 0 Å². The maximum atomic E-state index is 10.3. The molecule has 0 fully saturated rings. The number of aliphatic carboxylic acids is 1. The van der Waals surface area contributed by atoms with Gasteiger partial charge in [-0.25, -0.2) is 4.79 Å². The Morgan fingerprint density at radius 3 is 2.64 bits per heavy atom. The Hall–Kier alpha value is -0.320. The van der Waals surface area contributed by atoms with Gasteiger partial charge in [-0.2, -0.15) is 0 Å². The van der Waals surface area contributed by atoms with Gasteiger partial charge in [0.1, 0.15) is 0 Å². The van der Waals surface area contributed by atoms with Crippen molar-refractivity contribution in [3.8, 4) is 0 Å². The van der Waals surface area contributed by atoms with Crippen molar-refractivity contribution in [2.75, 3.05) is 0 Å². The van der Waals surface area contributed by atoms with Gasteiger partial charge in [0.2, 0.25) is 0 Å². The molecule has 0 saturated heterocycles. The first-order chi connectivity index (χ1) is 6.52. The minimum atomic E-state index is -1.000. The van der Waals surface area contributed by atoms with Crippen molar-refractivity contribution in [3.63, 3.8) is 0 Å². The molecule has 0 unspecified atom stereocenters. The van der Waals surface area contributed by atoms with Crippen LogP contribution in [0.15, 0.2) is 27.2 Å². The number of hydrogen-bond donors (Lipinski definition) is 1. The molecule has 0 aliphatic carbocycles. The lowest BCUT2D eigenvalue weighted by Gasteiger charge is -2.02. The summed E-state index contributed by atoms with van der Waals surface area (Å²) >= 11 is 12.5. The first-order valence-corrected chi connectivity index (χ1v) is 5.53. The van der Waals surface area contributed by atoms with Crippen molar-refractivity contribution >= 4 is 55.5 Å². The Balaban J connectivity index is 3.12. The van der Waals surface area contributed by atoms with Crippen molar-refractivity contribution in [2.24, 2.45) is 0 Å². The molecule has 0 amide bonds. The van der Waals surface area contributed by atoms with Gasteiger partial charge in [-0.15, -0.1) is 0 Å². The molecule has 74 valence electrons. The number of carbonyl (C=O) groups is 1. The standard InChI is InChI=1S/C9H5Br2ClO2/c10-6-3-1-5(2-4-7(13)14)9(12)8(6)11/h1-4H,(H,13,14)/b4-2+. The number of hydrogen-bond acceptors (Lipinski definition) is 1. The fourth-order valence-electron chi connectivity index (χ4n) is 0.831. The molecule has 1 N–H and O–H groups in total. The molecular weight excluding hydrogens is 335 g/mol. The van der Waals surface area contributed by atoms with E-state index in [1.165, 1.54) is 6.08 Å². The minimum absolute atomic E-state index is 0.483. The number of carboxylic acid groups (broad SMARTS) is 1. The van der Waals surface area contributed by atoms with Gasteiger partial charge in [0.05, 0.1) is 9.50 Å². The van der Waals surface area contributed by atoms with E-state index in [-0.39, 0.29) is 0 Å². The van der Waals surface area contributed by atoms with E-state index in [0.717, 1.165) is 10.5 Å². The van der Waals surface area contributed by atoms with E-state index in [4.69, 9.17) is 16.7 Å². The highest BCUT2D eigenvalue weighted by Gasteiger charge is 2.05. The van der Waals surface area contributed by atoms with Gasteiger partial charge < -0.3 is 5.11 Å². The van der Waals surface area contributed by atoms with Gasteiger partial charge in [-0.3, -0.25) is 0 Å². The van der Waals surface area contributed by atoms with Gasteiger partial charge in [-0.05, 0) is 49.6 Å². The summed E-state index contributed by atoms with van der Waals surface area (Å²) in [6, 6.07) is 3.52. The molecule has 2 nitrogen and oxygen atoms in total. The molecule has 14 heavy (non-hydrogen) atoms. The monoisotopic (exact) mass is 338 g/mol. The molecule has 0 radical (unpaired) electrons. The maximum absolute atomic E-state index is 10.3. The number of carboxylic acids is 1. The highest BCUT2D eigenvalue weighted by molar-refractivity contribution is 9.13. The zero-order valence-corrected chi connectivity index (χ0v) is 10.7. The van der Waals surface area contributed by atoms with Gasteiger partial charge in [-0.1, -0.05) is 17.7 Å². The number of benzene rings is 1. The quantitative estimate of drug-likeness (QED) is 0.653. The van der Waals surface area contributed by atoms with Crippen molar-refractivity contribution < 1.29 is 9.90 Å². The molecule has 0 heterocycles. The van der Waals surface area contributed by atoms with Crippen LogP contribution < -0.4 is 0 Å². The van der Waals surface area contributed by atoms with Crippen LogP contribution in [-0.2, 0) is 4.79 Å². The molecular formula is C9H5Br2ClO2. The first kappa shape index (κ1) is 11.8. The molecule has 1 aromatic carbocycles.